The van der Waals surface area contributed by atoms with Crippen LogP contribution >= 0.6 is 0 Å². The minimum Gasteiger partial charge on any atom is -0.383 e. The first-order chi connectivity index (χ1) is 12.7. The van der Waals surface area contributed by atoms with E-state index < -0.39 is 0 Å². The molecule has 0 saturated carbocycles. The van der Waals surface area contributed by atoms with E-state index in [1.165, 1.54) is 0 Å². The SMILES string of the molecule is CN1CCN(CC2CN(Cc3nc(N)c4ccccc4n3)CCO2)CC1. The number of nitrogens with two attached hydrogens (primary N) is 1. The molecule has 4 rings (SSSR count). The van der Waals surface area contributed by atoms with Crippen LogP contribution in [-0.2, 0) is 11.3 Å². The molecule has 0 amide bonds. The second-order valence-corrected chi connectivity index (χ2v) is 7.37. The van der Waals surface area contributed by atoms with E-state index in [-0.39, 0.29) is 6.10 Å². The van der Waals surface area contributed by atoms with Crippen molar-refractivity contribution in [2.24, 2.45) is 0 Å². The Hall–Kier alpha value is -1.80. The van der Waals surface area contributed by atoms with E-state index >= 15 is 0 Å². The summed E-state index contributed by atoms with van der Waals surface area (Å²) in [5, 5.41) is 0.922. The number of benzene rings is 1. The number of aromatic nitrogens is 2. The second kappa shape index (κ2) is 7.84. The van der Waals surface area contributed by atoms with Gasteiger partial charge in [-0.15, -0.1) is 0 Å². The van der Waals surface area contributed by atoms with Gasteiger partial charge in [0.1, 0.15) is 11.6 Å². The summed E-state index contributed by atoms with van der Waals surface area (Å²) in [6.45, 7) is 8.85. The number of nitrogen functional groups attached to an aromatic ring is 1. The number of anilines is 1. The lowest BCUT2D eigenvalue weighted by Crippen LogP contribution is -2.51. The van der Waals surface area contributed by atoms with Crippen LogP contribution in [0.15, 0.2) is 24.3 Å². The van der Waals surface area contributed by atoms with Crippen molar-refractivity contribution in [3.8, 4) is 0 Å². The Labute approximate surface area is 154 Å². The van der Waals surface area contributed by atoms with E-state index in [0.717, 1.165) is 75.7 Å². The molecule has 7 nitrogen and oxygen atoms in total. The highest BCUT2D eigenvalue weighted by Crippen LogP contribution is 2.18. The van der Waals surface area contributed by atoms with Gasteiger partial charge in [-0.05, 0) is 19.2 Å². The second-order valence-electron chi connectivity index (χ2n) is 7.37. The Bertz CT molecular complexity index is 746. The molecule has 2 fully saturated rings. The monoisotopic (exact) mass is 356 g/mol. The molecule has 3 heterocycles. The molecule has 0 bridgehead atoms. The van der Waals surface area contributed by atoms with Crippen molar-refractivity contribution in [1.29, 1.82) is 0 Å². The van der Waals surface area contributed by atoms with Crippen LogP contribution in [0.2, 0.25) is 0 Å². The summed E-state index contributed by atoms with van der Waals surface area (Å²) in [7, 11) is 2.19. The van der Waals surface area contributed by atoms with Crippen molar-refractivity contribution in [1.82, 2.24) is 24.7 Å². The maximum absolute atomic E-state index is 6.12. The zero-order chi connectivity index (χ0) is 17.9. The van der Waals surface area contributed by atoms with Crippen molar-refractivity contribution in [2.45, 2.75) is 12.6 Å². The third-order valence-electron chi connectivity index (χ3n) is 5.32. The van der Waals surface area contributed by atoms with Gasteiger partial charge < -0.3 is 15.4 Å². The summed E-state index contributed by atoms with van der Waals surface area (Å²) in [6, 6.07) is 7.91. The summed E-state index contributed by atoms with van der Waals surface area (Å²) in [5.41, 5.74) is 7.03. The lowest BCUT2D eigenvalue weighted by Gasteiger charge is -2.38. The number of morpholine rings is 1. The lowest BCUT2D eigenvalue weighted by molar-refractivity contribution is -0.0504. The summed E-state index contributed by atoms with van der Waals surface area (Å²) < 4.78 is 6.01. The number of piperazine rings is 1. The van der Waals surface area contributed by atoms with Crippen molar-refractivity contribution in [3.05, 3.63) is 30.1 Å². The molecule has 2 N–H and O–H groups in total. The molecule has 7 heteroatoms. The molecule has 2 aliphatic rings. The third-order valence-corrected chi connectivity index (χ3v) is 5.32. The van der Waals surface area contributed by atoms with Gasteiger partial charge in [0.15, 0.2) is 0 Å². The number of likely N-dealkylation sites (N-methyl/N-ethyl adjacent to an activating group) is 1. The van der Waals surface area contributed by atoms with Crippen molar-refractivity contribution in [2.75, 3.05) is 65.2 Å². The van der Waals surface area contributed by atoms with E-state index in [4.69, 9.17) is 10.5 Å². The number of para-hydroxylation sites is 1. The molecule has 1 aromatic carbocycles. The van der Waals surface area contributed by atoms with Crippen molar-refractivity contribution < 1.29 is 4.74 Å². The minimum atomic E-state index is 0.255. The molecular formula is C19H28N6O. The molecule has 140 valence electrons. The maximum Gasteiger partial charge on any atom is 0.145 e. The van der Waals surface area contributed by atoms with Crippen molar-refractivity contribution >= 4 is 16.7 Å². The fourth-order valence-electron chi connectivity index (χ4n) is 3.77. The van der Waals surface area contributed by atoms with Crippen LogP contribution in [0.4, 0.5) is 5.82 Å². The molecule has 1 aromatic heterocycles. The first kappa shape index (κ1) is 17.6. The summed E-state index contributed by atoms with van der Waals surface area (Å²) in [4.78, 5) is 16.5. The van der Waals surface area contributed by atoms with Crippen LogP contribution in [0, 0.1) is 0 Å². The summed E-state index contributed by atoms with van der Waals surface area (Å²) in [5.74, 6) is 1.36. The highest BCUT2D eigenvalue weighted by molar-refractivity contribution is 5.87. The quantitative estimate of drug-likeness (QED) is 0.863. The van der Waals surface area contributed by atoms with E-state index in [1.807, 2.05) is 24.3 Å². The molecule has 2 aromatic rings. The maximum atomic E-state index is 6.12. The Morgan fingerprint density at radius 3 is 2.73 bits per heavy atom. The topological polar surface area (TPSA) is 70.8 Å². The fraction of sp³-hybridized carbons (Fsp3) is 0.579. The Balaban J connectivity index is 1.37. The van der Waals surface area contributed by atoms with Gasteiger partial charge in [0.25, 0.3) is 0 Å². The van der Waals surface area contributed by atoms with E-state index in [2.05, 4.69) is 31.7 Å². The van der Waals surface area contributed by atoms with Gasteiger partial charge in [0.2, 0.25) is 0 Å². The normalized spacial score (nSPS) is 23.5. The highest BCUT2D eigenvalue weighted by Gasteiger charge is 2.25. The van der Waals surface area contributed by atoms with Crippen molar-refractivity contribution in [3.63, 3.8) is 0 Å². The standard InChI is InChI=1S/C19H28N6O/c1-23-6-8-24(9-7-23)12-15-13-25(10-11-26-15)14-18-21-17-5-3-2-4-16(17)19(20)22-18/h2-5,15H,6-14H2,1H3,(H2,20,21,22). The largest absolute Gasteiger partial charge is 0.383 e. The van der Waals surface area contributed by atoms with E-state index in [9.17, 15) is 0 Å². The molecule has 0 spiro atoms. The summed E-state index contributed by atoms with van der Waals surface area (Å²) >= 11 is 0. The minimum absolute atomic E-state index is 0.255. The molecule has 2 aliphatic heterocycles. The first-order valence-corrected chi connectivity index (χ1v) is 9.43. The van der Waals surface area contributed by atoms with Crippen LogP contribution in [0.1, 0.15) is 5.82 Å². The number of hydrogen-bond donors (Lipinski definition) is 1. The van der Waals surface area contributed by atoms with Crippen LogP contribution in [0.25, 0.3) is 10.9 Å². The molecule has 0 aliphatic carbocycles. The molecule has 2 saturated heterocycles. The van der Waals surface area contributed by atoms with Gasteiger partial charge in [0.05, 0.1) is 24.8 Å². The Morgan fingerprint density at radius 1 is 1.08 bits per heavy atom. The van der Waals surface area contributed by atoms with Crippen LogP contribution < -0.4 is 5.73 Å². The molecule has 0 radical (unpaired) electrons. The molecule has 1 unspecified atom stereocenters. The first-order valence-electron chi connectivity index (χ1n) is 9.43. The summed E-state index contributed by atoms with van der Waals surface area (Å²) in [6.07, 6.45) is 0.255. The number of rotatable bonds is 4. The van der Waals surface area contributed by atoms with Gasteiger partial charge in [-0.25, -0.2) is 9.97 Å². The molecular weight excluding hydrogens is 328 g/mol. The van der Waals surface area contributed by atoms with Gasteiger partial charge in [0, 0.05) is 51.2 Å². The average Bonchev–Trinajstić information content (AvgIpc) is 2.64. The predicted octanol–water partition coefficient (Wildman–Crippen LogP) is 0.660. The number of ether oxygens (including phenoxy) is 1. The van der Waals surface area contributed by atoms with Crippen LogP contribution in [0.3, 0.4) is 0 Å². The molecule has 1 atom stereocenters. The van der Waals surface area contributed by atoms with E-state index in [1.54, 1.807) is 0 Å². The van der Waals surface area contributed by atoms with Gasteiger partial charge in [-0.3, -0.25) is 9.80 Å². The van der Waals surface area contributed by atoms with Gasteiger partial charge >= 0.3 is 0 Å². The smallest absolute Gasteiger partial charge is 0.145 e. The Kier molecular flexibility index (Phi) is 5.31. The van der Waals surface area contributed by atoms with Gasteiger partial charge in [-0.1, -0.05) is 12.1 Å². The number of nitrogens with zero attached hydrogens (tertiary/aromatic N) is 5. The van der Waals surface area contributed by atoms with Crippen LogP contribution in [0.5, 0.6) is 0 Å². The number of fused-ring (bicyclic) bond motifs is 1. The third kappa shape index (κ3) is 4.12. The zero-order valence-corrected chi connectivity index (χ0v) is 15.5. The molecule has 26 heavy (non-hydrogen) atoms. The highest BCUT2D eigenvalue weighted by atomic mass is 16.5. The predicted molar refractivity (Wildman–Crippen MR) is 103 cm³/mol. The van der Waals surface area contributed by atoms with Gasteiger partial charge in [-0.2, -0.15) is 0 Å². The zero-order valence-electron chi connectivity index (χ0n) is 15.5. The number of hydrogen-bond acceptors (Lipinski definition) is 7. The lowest BCUT2D eigenvalue weighted by atomic mass is 10.2. The van der Waals surface area contributed by atoms with Crippen LogP contribution in [-0.4, -0.2) is 90.2 Å². The van der Waals surface area contributed by atoms with E-state index in [0.29, 0.717) is 5.82 Å². The Morgan fingerprint density at radius 2 is 1.88 bits per heavy atom. The average molecular weight is 356 g/mol. The fourth-order valence-corrected chi connectivity index (χ4v) is 3.77.